The van der Waals surface area contributed by atoms with E-state index < -0.39 is 0 Å². The molecule has 6 nitrogen and oxygen atoms in total. The van der Waals surface area contributed by atoms with Crippen LogP contribution >= 0.6 is 0 Å². The van der Waals surface area contributed by atoms with Gasteiger partial charge in [-0.15, -0.1) is 5.10 Å². The Kier molecular flexibility index (Phi) is 2.85. The number of hydrogen-bond acceptors (Lipinski definition) is 5. The number of allylic oxidation sites excluding steroid dienone is 1. The van der Waals surface area contributed by atoms with Crippen LogP contribution in [-0.4, -0.2) is 26.2 Å². The fourth-order valence-corrected chi connectivity index (χ4v) is 1.93. The van der Waals surface area contributed by atoms with E-state index in [4.69, 9.17) is 4.74 Å². The van der Waals surface area contributed by atoms with Crippen molar-refractivity contribution in [2.24, 2.45) is 5.92 Å². The molecule has 1 aromatic heterocycles. The quantitative estimate of drug-likeness (QED) is 0.582. The molecule has 1 heterocycles. The van der Waals surface area contributed by atoms with E-state index in [0.29, 0.717) is 17.8 Å². The zero-order valence-electron chi connectivity index (χ0n) is 10.4. The lowest BCUT2D eigenvalue weighted by molar-refractivity contribution is -0.139. The molecule has 0 aromatic carbocycles. The van der Waals surface area contributed by atoms with Crippen molar-refractivity contribution < 1.29 is 9.53 Å². The van der Waals surface area contributed by atoms with Gasteiger partial charge in [0, 0.05) is 6.08 Å². The molecule has 0 radical (unpaired) electrons. The van der Waals surface area contributed by atoms with Gasteiger partial charge in [-0.3, -0.25) is 0 Å². The molecule has 0 spiro atoms. The second kappa shape index (κ2) is 4.51. The molecule has 0 bridgehead atoms. The van der Waals surface area contributed by atoms with Crippen molar-refractivity contribution >= 4 is 5.97 Å². The molecule has 0 N–H and O–H groups in total. The Bertz CT molecular complexity index is 486. The van der Waals surface area contributed by atoms with Gasteiger partial charge in [-0.1, -0.05) is 5.57 Å². The first-order chi connectivity index (χ1) is 8.74. The number of rotatable bonds is 5. The van der Waals surface area contributed by atoms with Crippen LogP contribution in [0.15, 0.2) is 11.6 Å². The molecule has 0 saturated heterocycles. The largest absolute Gasteiger partial charge is 0.454 e. The Labute approximate surface area is 105 Å². The number of tetrazole rings is 1. The second-order valence-corrected chi connectivity index (χ2v) is 5.04. The van der Waals surface area contributed by atoms with Gasteiger partial charge in [0.2, 0.25) is 0 Å². The summed E-state index contributed by atoms with van der Waals surface area (Å²) in [6.45, 7) is 2.13. The highest BCUT2D eigenvalue weighted by Crippen LogP contribution is 2.36. The van der Waals surface area contributed by atoms with Crippen LogP contribution in [-0.2, 0) is 16.1 Å². The molecule has 96 valence electrons. The molecular formula is C12H16N4O2. The summed E-state index contributed by atoms with van der Waals surface area (Å²) >= 11 is 0. The maximum Gasteiger partial charge on any atom is 0.331 e. The number of carbonyl (C=O) groups excluding carboxylic acids is 1. The van der Waals surface area contributed by atoms with Crippen LogP contribution in [0.4, 0.5) is 0 Å². The van der Waals surface area contributed by atoms with E-state index in [1.807, 2.05) is 6.92 Å². The molecule has 0 aliphatic heterocycles. The minimum Gasteiger partial charge on any atom is -0.454 e. The van der Waals surface area contributed by atoms with Crippen molar-refractivity contribution in [2.45, 2.75) is 45.3 Å². The van der Waals surface area contributed by atoms with Crippen molar-refractivity contribution in [1.82, 2.24) is 20.2 Å². The molecule has 2 aliphatic rings. The normalized spacial score (nSPS) is 19.9. The van der Waals surface area contributed by atoms with Crippen LogP contribution in [0, 0.1) is 5.92 Å². The second-order valence-electron chi connectivity index (χ2n) is 5.04. The number of aromatic nitrogens is 4. The van der Waals surface area contributed by atoms with E-state index in [0.717, 1.165) is 18.4 Å². The van der Waals surface area contributed by atoms with Crippen LogP contribution in [0.2, 0.25) is 0 Å². The number of nitrogens with zero attached hydrogens (tertiary/aromatic N) is 4. The van der Waals surface area contributed by atoms with Crippen LogP contribution < -0.4 is 0 Å². The van der Waals surface area contributed by atoms with Crippen LogP contribution in [0.5, 0.6) is 0 Å². The Morgan fingerprint density at radius 3 is 2.89 bits per heavy atom. The average Bonchev–Trinajstić information content (AvgIpc) is 3.24. The van der Waals surface area contributed by atoms with Crippen molar-refractivity contribution in [3.05, 3.63) is 17.5 Å². The van der Waals surface area contributed by atoms with Crippen molar-refractivity contribution in [3.8, 4) is 0 Å². The van der Waals surface area contributed by atoms with Crippen LogP contribution in [0.25, 0.3) is 0 Å². The van der Waals surface area contributed by atoms with E-state index in [1.165, 1.54) is 12.8 Å². The zero-order chi connectivity index (χ0) is 12.5. The highest BCUT2D eigenvalue weighted by molar-refractivity contribution is 5.82. The maximum atomic E-state index is 11.6. The summed E-state index contributed by atoms with van der Waals surface area (Å²) in [7, 11) is 0. The molecule has 6 heteroatoms. The SMILES string of the molecule is C/C(=C\C(=O)OCc1nnnn1C1CC1)C1CC1. The molecule has 0 amide bonds. The van der Waals surface area contributed by atoms with Crippen LogP contribution in [0.1, 0.15) is 44.5 Å². The highest BCUT2D eigenvalue weighted by atomic mass is 16.5. The minimum absolute atomic E-state index is 0.150. The van der Waals surface area contributed by atoms with Gasteiger partial charge < -0.3 is 4.74 Å². The first kappa shape index (κ1) is 11.4. The average molecular weight is 248 g/mol. The highest BCUT2D eigenvalue weighted by Gasteiger charge is 2.28. The first-order valence-electron chi connectivity index (χ1n) is 6.35. The third-order valence-corrected chi connectivity index (χ3v) is 3.36. The monoisotopic (exact) mass is 248 g/mol. The van der Waals surface area contributed by atoms with Gasteiger partial charge in [-0.05, 0) is 49.0 Å². The van der Waals surface area contributed by atoms with Gasteiger partial charge in [0.1, 0.15) is 0 Å². The number of ether oxygens (including phenoxy) is 1. The number of esters is 1. The van der Waals surface area contributed by atoms with E-state index in [9.17, 15) is 4.79 Å². The standard InChI is InChI=1S/C12H16N4O2/c1-8(9-2-3-9)6-12(17)18-7-11-13-14-15-16(11)10-4-5-10/h6,9-10H,2-5,7H2,1H3/b8-6+. The summed E-state index contributed by atoms with van der Waals surface area (Å²) in [4.78, 5) is 11.6. The number of carbonyl (C=O) groups is 1. The van der Waals surface area contributed by atoms with Crippen molar-refractivity contribution in [2.75, 3.05) is 0 Å². The van der Waals surface area contributed by atoms with Crippen molar-refractivity contribution in [1.29, 1.82) is 0 Å². The van der Waals surface area contributed by atoms with Gasteiger partial charge in [-0.25, -0.2) is 9.48 Å². The van der Waals surface area contributed by atoms with E-state index >= 15 is 0 Å². The summed E-state index contributed by atoms with van der Waals surface area (Å²) in [5.41, 5.74) is 1.11. The molecule has 2 saturated carbocycles. The topological polar surface area (TPSA) is 69.9 Å². The lowest BCUT2D eigenvalue weighted by atomic mass is 10.2. The Morgan fingerprint density at radius 2 is 2.22 bits per heavy atom. The maximum absolute atomic E-state index is 11.6. The zero-order valence-corrected chi connectivity index (χ0v) is 10.4. The molecule has 2 fully saturated rings. The van der Waals surface area contributed by atoms with Gasteiger partial charge in [-0.2, -0.15) is 0 Å². The summed E-state index contributed by atoms with van der Waals surface area (Å²) < 4.78 is 6.93. The Balaban J connectivity index is 1.55. The summed E-state index contributed by atoms with van der Waals surface area (Å²) in [6.07, 6.45) is 6.17. The third kappa shape index (κ3) is 2.57. The van der Waals surface area contributed by atoms with E-state index in [2.05, 4.69) is 15.5 Å². The summed E-state index contributed by atoms with van der Waals surface area (Å²) in [6, 6.07) is 0.400. The van der Waals surface area contributed by atoms with Gasteiger partial charge in [0.05, 0.1) is 6.04 Å². The van der Waals surface area contributed by atoms with Gasteiger partial charge in [0.15, 0.2) is 12.4 Å². The predicted octanol–water partition coefficient (Wildman–Crippen LogP) is 1.41. The van der Waals surface area contributed by atoms with Gasteiger partial charge >= 0.3 is 5.97 Å². The van der Waals surface area contributed by atoms with Gasteiger partial charge in [0.25, 0.3) is 0 Å². The predicted molar refractivity (Wildman–Crippen MR) is 62.4 cm³/mol. The molecule has 3 rings (SSSR count). The Morgan fingerprint density at radius 1 is 1.44 bits per heavy atom. The molecule has 0 atom stereocenters. The first-order valence-corrected chi connectivity index (χ1v) is 6.35. The molecule has 2 aliphatic carbocycles. The molecular weight excluding hydrogens is 232 g/mol. The Hall–Kier alpha value is -1.72. The lowest BCUT2D eigenvalue weighted by Gasteiger charge is -2.03. The number of hydrogen-bond donors (Lipinski definition) is 0. The third-order valence-electron chi connectivity index (χ3n) is 3.36. The lowest BCUT2D eigenvalue weighted by Crippen LogP contribution is -2.09. The summed E-state index contributed by atoms with van der Waals surface area (Å²) in [5, 5.41) is 11.4. The van der Waals surface area contributed by atoms with E-state index in [-0.39, 0.29) is 12.6 Å². The van der Waals surface area contributed by atoms with Crippen molar-refractivity contribution in [3.63, 3.8) is 0 Å². The molecule has 0 unspecified atom stereocenters. The smallest absolute Gasteiger partial charge is 0.331 e. The van der Waals surface area contributed by atoms with Crippen LogP contribution in [0.3, 0.4) is 0 Å². The fourth-order valence-electron chi connectivity index (χ4n) is 1.93. The molecule has 18 heavy (non-hydrogen) atoms. The summed E-state index contributed by atoms with van der Waals surface area (Å²) in [5.74, 6) is 0.919. The van der Waals surface area contributed by atoms with E-state index in [1.54, 1.807) is 10.8 Å². The minimum atomic E-state index is -0.301. The fraction of sp³-hybridized carbons (Fsp3) is 0.667. The molecule has 1 aromatic rings.